The Morgan fingerprint density at radius 1 is 1.19 bits per heavy atom. The Balaban J connectivity index is 1.56. The summed E-state index contributed by atoms with van der Waals surface area (Å²) in [6.07, 6.45) is 2.97. The van der Waals surface area contributed by atoms with Crippen molar-refractivity contribution in [3.8, 4) is 11.3 Å². The van der Waals surface area contributed by atoms with Crippen molar-refractivity contribution >= 4 is 22.7 Å². The molecule has 0 spiro atoms. The lowest BCUT2D eigenvalue weighted by Gasteiger charge is -2.30. The van der Waals surface area contributed by atoms with E-state index in [1.165, 1.54) is 29.2 Å². The number of pyridine rings is 1. The van der Waals surface area contributed by atoms with Gasteiger partial charge in [-0.25, -0.2) is 14.4 Å². The Hall–Kier alpha value is -2.81. The fraction of sp³-hybridized carbons (Fsp3) is 0.333. The number of piperazine rings is 1. The van der Waals surface area contributed by atoms with Crippen molar-refractivity contribution in [3.63, 3.8) is 0 Å². The minimum atomic E-state index is -0.392. The molecular weight excluding hydrogens is 423 g/mol. The molecule has 3 N–H and O–H groups in total. The molecule has 8 heteroatoms. The summed E-state index contributed by atoms with van der Waals surface area (Å²) in [6.45, 7) is 8.15. The van der Waals surface area contributed by atoms with Gasteiger partial charge in [0.15, 0.2) is 0 Å². The maximum absolute atomic E-state index is 13.3. The van der Waals surface area contributed by atoms with Crippen molar-refractivity contribution in [1.82, 2.24) is 19.7 Å². The van der Waals surface area contributed by atoms with Crippen LogP contribution in [0, 0.1) is 12.7 Å². The zero-order valence-corrected chi connectivity index (χ0v) is 19.1. The van der Waals surface area contributed by atoms with Gasteiger partial charge in [-0.15, -0.1) is 11.3 Å². The van der Waals surface area contributed by atoms with Gasteiger partial charge in [0.1, 0.15) is 16.5 Å². The Morgan fingerprint density at radius 2 is 1.94 bits per heavy atom. The smallest absolute Gasteiger partial charge is 0.140 e. The zero-order chi connectivity index (χ0) is 22.2. The first-order valence-corrected chi connectivity index (χ1v) is 11.9. The Morgan fingerprint density at radius 3 is 2.66 bits per heavy atom. The number of anilines is 1. The molecule has 1 saturated heterocycles. The number of hydrogen-bond donors (Lipinski definition) is 2. The van der Waals surface area contributed by atoms with E-state index in [1.54, 1.807) is 12.1 Å². The quantitative estimate of drug-likeness (QED) is 0.482. The fourth-order valence-corrected chi connectivity index (χ4v) is 5.17. The van der Waals surface area contributed by atoms with E-state index in [2.05, 4.69) is 40.7 Å². The Bertz CT molecular complexity index is 1240. The number of benzene rings is 1. The molecule has 4 aromatic rings. The molecule has 0 saturated carbocycles. The number of hydrogen-bond acceptors (Lipinski definition) is 6. The maximum atomic E-state index is 13.3. The first-order valence-electron chi connectivity index (χ1n) is 11.0. The van der Waals surface area contributed by atoms with Crippen LogP contribution in [0.15, 0.2) is 41.9 Å². The summed E-state index contributed by atoms with van der Waals surface area (Å²) in [5.41, 5.74) is 13.8. The number of thiazole rings is 1. The number of nitrogens with one attached hydrogen (secondary N) is 1. The molecule has 6 nitrogen and oxygen atoms in total. The number of nitrogens with two attached hydrogens (primary N) is 1. The third-order valence-electron chi connectivity index (χ3n) is 6.04. The van der Waals surface area contributed by atoms with Gasteiger partial charge >= 0.3 is 0 Å². The summed E-state index contributed by atoms with van der Waals surface area (Å²) < 4.78 is 15.5. The highest BCUT2D eigenvalue weighted by Crippen LogP contribution is 2.32. The summed E-state index contributed by atoms with van der Waals surface area (Å²) in [4.78, 5) is 12.1. The molecule has 4 heterocycles. The third kappa shape index (κ3) is 3.79. The van der Waals surface area contributed by atoms with Crippen LogP contribution in [0.2, 0.25) is 0 Å². The van der Waals surface area contributed by atoms with Crippen molar-refractivity contribution < 1.29 is 4.39 Å². The molecule has 0 amide bonds. The molecular formula is C24H27FN6S. The summed E-state index contributed by atoms with van der Waals surface area (Å²) in [7, 11) is 0. The largest absolute Gasteiger partial charge is 0.368 e. The van der Waals surface area contributed by atoms with Crippen LogP contribution in [0.1, 0.15) is 34.9 Å². The highest BCUT2D eigenvalue weighted by Gasteiger charge is 2.24. The molecule has 1 fully saturated rings. The minimum absolute atomic E-state index is 0.255. The number of aromatic nitrogens is 3. The average molecular weight is 451 g/mol. The predicted octanol–water partition coefficient (Wildman–Crippen LogP) is 3.93. The maximum Gasteiger partial charge on any atom is 0.140 e. The van der Waals surface area contributed by atoms with Gasteiger partial charge < -0.3 is 16.0 Å². The van der Waals surface area contributed by atoms with E-state index in [4.69, 9.17) is 15.7 Å². The van der Waals surface area contributed by atoms with E-state index in [0.29, 0.717) is 0 Å². The van der Waals surface area contributed by atoms with Crippen molar-refractivity contribution in [1.29, 1.82) is 0 Å². The number of rotatable bonds is 5. The van der Waals surface area contributed by atoms with Gasteiger partial charge in [-0.2, -0.15) is 0 Å². The van der Waals surface area contributed by atoms with E-state index in [9.17, 15) is 4.39 Å². The highest BCUT2D eigenvalue weighted by molar-refractivity contribution is 7.10. The molecule has 1 aromatic carbocycles. The monoisotopic (exact) mass is 450 g/mol. The fourth-order valence-electron chi connectivity index (χ4n) is 4.34. The normalized spacial score (nSPS) is 15.4. The van der Waals surface area contributed by atoms with Gasteiger partial charge in [0, 0.05) is 43.3 Å². The van der Waals surface area contributed by atoms with Crippen molar-refractivity contribution in [2.24, 2.45) is 5.73 Å². The van der Waals surface area contributed by atoms with E-state index < -0.39 is 6.04 Å². The van der Waals surface area contributed by atoms with Crippen LogP contribution in [0.5, 0.6) is 0 Å². The van der Waals surface area contributed by atoms with Gasteiger partial charge in [0.25, 0.3) is 0 Å². The summed E-state index contributed by atoms with van der Waals surface area (Å²) >= 11 is 1.53. The van der Waals surface area contributed by atoms with Crippen LogP contribution in [0.4, 0.5) is 10.1 Å². The SMILES string of the molecule is CCc1nc2c(C)cc(N3CCNCC3)cn2c1C(N)c1nc(-c2ccc(F)cc2)cs1. The average Bonchev–Trinajstić information content (AvgIpc) is 3.45. The van der Waals surface area contributed by atoms with E-state index in [1.807, 2.05) is 5.38 Å². The Kier molecular flexibility index (Phi) is 5.67. The van der Waals surface area contributed by atoms with Gasteiger partial charge in [-0.05, 0) is 49.2 Å². The lowest BCUT2D eigenvalue weighted by molar-refractivity contribution is 0.588. The van der Waals surface area contributed by atoms with Gasteiger partial charge in [0.05, 0.1) is 28.8 Å². The second-order valence-electron chi connectivity index (χ2n) is 8.16. The molecule has 5 rings (SSSR count). The van der Waals surface area contributed by atoms with Crippen LogP contribution in [0.25, 0.3) is 16.9 Å². The van der Waals surface area contributed by atoms with Crippen LogP contribution < -0.4 is 16.0 Å². The third-order valence-corrected chi connectivity index (χ3v) is 6.97. The molecule has 166 valence electrons. The highest BCUT2D eigenvalue weighted by atomic mass is 32.1. The molecule has 0 aliphatic carbocycles. The topological polar surface area (TPSA) is 71.5 Å². The van der Waals surface area contributed by atoms with E-state index >= 15 is 0 Å². The number of aryl methyl sites for hydroxylation is 2. The standard InChI is InChI=1S/C24H27FN6S/c1-3-19-22(21(26)24-29-20(14-32-24)16-4-6-17(25)7-5-16)31-13-18(12-15(2)23(31)28-19)30-10-8-27-9-11-30/h4-7,12-14,21,27H,3,8-11,26H2,1-2H3. The molecule has 0 radical (unpaired) electrons. The van der Waals surface area contributed by atoms with Crippen molar-refractivity contribution in [2.75, 3.05) is 31.1 Å². The number of nitrogens with zero attached hydrogens (tertiary/aromatic N) is 4. The first kappa shape index (κ1) is 21.1. The Labute approximate surface area is 190 Å². The second-order valence-corrected chi connectivity index (χ2v) is 9.05. The molecule has 1 atom stereocenters. The number of fused-ring (bicyclic) bond motifs is 1. The van der Waals surface area contributed by atoms with Crippen LogP contribution in [-0.4, -0.2) is 40.5 Å². The molecule has 1 aliphatic heterocycles. The number of imidazole rings is 1. The van der Waals surface area contributed by atoms with Gasteiger partial charge in [-0.3, -0.25) is 4.40 Å². The van der Waals surface area contributed by atoms with Crippen LogP contribution >= 0.6 is 11.3 Å². The predicted molar refractivity (Wildman–Crippen MR) is 128 cm³/mol. The molecule has 32 heavy (non-hydrogen) atoms. The second kappa shape index (κ2) is 8.61. The summed E-state index contributed by atoms with van der Waals surface area (Å²) in [5, 5.41) is 6.22. The summed E-state index contributed by atoms with van der Waals surface area (Å²) in [6, 6.07) is 8.22. The number of halogens is 1. The van der Waals surface area contributed by atoms with Crippen LogP contribution in [0.3, 0.4) is 0 Å². The molecule has 1 aliphatic rings. The van der Waals surface area contributed by atoms with Crippen molar-refractivity contribution in [3.05, 3.63) is 69.7 Å². The molecule has 3 aromatic heterocycles. The van der Waals surface area contributed by atoms with Crippen LogP contribution in [-0.2, 0) is 6.42 Å². The summed E-state index contributed by atoms with van der Waals surface area (Å²) in [5.74, 6) is -0.255. The zero-order valence-electron chi connectivity index (χ0n) is 18.3. The lowest BCUT2D eigenvalue weighted by atomic mass is 10.1. The van der Waals surface area contributed by atoms with E-state index in [-0.39, 0.29) is 5.82 Å². The minimum Gasteiger partial charge on any atom is -0.368 e. The molecule has 1 unspecified atom stereocenters. The van der Waals surface area contributed by atoms with Crippen molar-refractivity contribution in [2.45, 2.75) is 26.3 Å². The van der Waals surface area contributed by atoms with E-state index in [0.717, 1.165) is 71.5 Å². The lowest BCUT2D eigenvalue weighted by Crippen LogP contribution is -2.43. The van der Waals surface area contributed by atoms with Gasteiger partial charge in [0.2, 0.25) is 0 Å². The first-order chi connectivity index (χ1) is 15.5. The van der Waals surface area contributed by atoms with Gasteiger partial charge in [-0.1, -0.05) is 6.92 Å². The molecule has 0 bridgehead atoms.